The first-order chi connectivity index (χ1) is 26.8. The highest BCUT2D eigenvalue weighted by atomic mass is 16.8. The van der Waals surface area contributed by atoms with Crippen molar-refractivity contribution in [3.8, 4) is 0 Å². The number of rotatable bonds is 7. The number of carboxylic acids is 3. The van der Waals surface area contributed by atoms with Crippen molar-refractivity contribution in [3.05, 3.63) is 11.6 Å². The standard InChI is InChI=1S/C42H62O16.H3N/c1-37(2)21-8-11-42(7)31(20(43)16-18-19-17-39(4,36(53)54)13-12-38(19,3)14-15-41(18,42)6)40(21,5)10-9-22(37)55-35-30(26(47)25(46)29(57-35)33(51)52)58-34-27(48)23(44)24(45)28(56-34)32(49)50;/h16,19,21-31,34-35,44-48H,8-15,17H2,1-7H3,(H,49,50)(H,51,52)(H,53,54);1H3/t19-,21+,22-,23?,24+,25+,26?,27?,28?,29?,30?,31-,34-,35+,38+,39?,40-,41-,42+;/m0./s1. The Morgan fingerprint density at radius 3 is 1.86 bits per heavy atom. The molecule has 0 amide bonds. The third kappa shape index (κ3) is 6.72. The summed E-state index contributed by atoms with van der Waals surface area (Å²) in [6.07, 6.45) is -12.2. The molecule has 5 aliphatic carbocycles. The predicted molar refractivity (Wildman–Crippen MR) is 204 cm³/mol. The van der Waals surface area contributed by atoms with Crippen LogP contribution >= 0.6 is 0 Å². The molecule has 2 heterocycles. The van der Waals surface area contributed by atoms with E-state index in [9.17, 15) is 60.0 Å². The molecule has 2 aliphatic heterocycles. The molecule has 4 saturated carbocycles. The molecule has 0 aromatic heterocycles. The van der Waals surface area contributed by atoms with Gasteiger partial charge < -0.3 is 66.0 Å². The Morgan fingerprint density at radius 2 is 1.27 bits per heavy atom. The maximum absolute atomic E-state index is 14.8. The molecule has 0 bridgehead atoms. The zero-order valence-corrected chi connectivity index (χ0v) is 35.1. The van der Waals surface area contributed by atoms with Crippen LogP contribution in [0.1, 0.15) is 106 Å². The first kappa shape index (κ1) is 45.9. The second-order valence-electron chi connectivity index (χ2n) is 20.6. The highest BCUT2D eigenvalue weighted by molar-refractivity contribution is 5.95. The molecular weight excluding hydrogens is 774 g/mol. The van der Waals surface area contributed by atoms with Gasteiger partial charge >= 0.3 is 17.9 Å². The van der Waals surface area contributed by atoms with Crippen LogP contribution in [0.25, 0.3) is 0 Å². The molecule has 19 atom stereocenters. The van der Waals surface area contributed by atoms with E-state index in [-0.39, 0.29) is 40.5 Å². The van der Waals surface area contributed by atoms with Crippen molar-refractivity contribution in [2.45, 2.75) is 174 Å². The average molecular weight is 840 g/mol. The van der Waals surface area contributed by atoms with Crippen molar-refractivity contribution < 1.29 is 79.0 Å². The lowest BCUT2D eigenvalue weighted by molar-refractivity contribution is -0.371. The molecule has 6 fully saturated rings. The molecule has 0 aromatic carbocycles. The minimum atomic E-state index is -2.05. The summed E-state index contributed by atoms with van der Waals surface area (Å²) in [5, 5.41) is 83.0. The Kier molecular flexibility index (Phi) is 11.7. The molecule has 11 N–H and O–H groups in total. The summed E-state index contributed by atoms with van der Waals surface area (Å²) in [5.41, 5.74) is -1.81. The lowest BCUT2D eigenvalue weighted by atomic mass is 9.33. The molecule has 0 spiro atoms. The lowest BCUT2D eigenvalue weighted by Crippen LogP contribution is -2.68. The average Bonchev–Trinajstić information content (AvgIpc) is 3.13. The van der Waals surface area contributed by atoms with Gasteiger partial charge in [-0.25, -0.2) is 9.59 Å². The minimum absolute atomic E-state index is 0. The number of fused-ring (bicyclic) bond motifs is 7. The summed E-state index contributed by atoms with van der Waals surface area (Å²) < 4.78 is 23.4. The van der Waals surface area contributed by atoms with Crippen LogP contribution < -0.4 is 6.15 Å². The van der Waals surface area contributed by atoms with Gasteiger partial charge in [-0.15, -0.1) is 0 Å². The van der Waals surface area contributed by atoms with Crippen LogP contribution in [0, 0.1) is 50.2 Å². The highest BCUT2D eigenvalue weighted by Gasteiger charge is 2.71. The smallest absolute Gasteiger partial charge is 0.335 e. The molecule has 59 heavy (non-hydrogen) atoms. The van der Waals surface area contributed by atoms with Gasteiger partial charge in [0.1, 0.15) is 36.6 Å². The van der Waals surface area contributed by atoms with Gasteiger partial charge in [0.2, 0.25) is 0 Å². The highest BCUT2D eigenvalue weighted by Crippen LogP contribution is 2.75. The number of ketones is 1. The number of hydrogen-bond donors (Lipinski definition) is 9. The summed E-state index contributed by atoms with van der Waals surface area (Å²) in [6.45, 7) is 14.8. The van der Waals surface area contributed by atoms with Crippen LogP contribution in [-0.2, 0) is 38.1 Å². The SMILES string of the molecule is CC1(C(=O)O)CC[C@]2(C)CC[C@@]3(C)C(=CC(=O)[C@H]4[C@@]5(C)CC[C@H](O[C@@H]6OC(C(=O)O)[C@H](O)C(O)C6O[C@@H]6OC(C(=O)O)[C@H](O)C(O)C6O)C(C)(C)[C@H]5CC[C@]43C)[C@@H]2C1.N. The Balaban J connectivity index is 0.00000585. The van der Waals surface area contributed by atoms with Gasteiger partial charge in [-0.3, -0.25) is 9.59 Å². The molecule has 17 nitrogen and oxygen atoms in total. The Hall–Kier alpha value is -2.58. The maximum atomic E-state index is 14.8. The molecule has 0 radical (unpaired) electrons. The predicted octanol–water partition coefficient (Wildman–Crippen LogP) is 2.41. The largest absolute Gasteiger partial charge is 0.481 e. The van der Waals surface area contributed by atoms with Crippen molar-refractivity contribution in [2.75, 3.05) is 0 Å². The van der Waals surface area contributed by atoms with E-state index in [2.05, 4.69) is 27.7 Å². The fraction of sp³-hybridized carbons (Fsp3) is 0.857. The second-order valence-corrected chi connectivity index (χ2v) is 20.6. The first-order valence-electron chi connectivity index (χ1n) is 20.7. The van der Waals surface area contributed by atoms with Gasteiger partial charge in [-0.05, 0) is 110 Å². The number of aliphatic carboxylic acids is 3. The minimum Gasteiger partial charge on any atom is -0.481 e. The van der Waals surface area contributed by atoms with Gasteiger partial charge in [0.15, 0.2) is 30.6 Å². The number of hydrogen-bond acceptors (Lipinski definition) is 14. The van der Waals surface area contributed by atoms with Gasteiger partial charge in [0.25, 0.3) is 0 Å². The van der Waals surface area contributed by atoms with Gasteiger partial charge in [0.05, 0.1) is 11.5 Å². The van der Waals surface area contributed by atoms with Crippen LogP contribution in [0.4, 0.5) is 0 Å². The lowest BCUT2D eigenvalue weighted by Gasteiger charge is -2.70. The Morgan fingerprint density at radius 1 is 0.695 bits per heavy atom. The Labute approximate surface area is 344 Å². The third-order valence-corrected chi connectivity index (χ3v) is 17.2. The van der Waals surface area contributed by atoms with Crippen LogP contribution in [0.3, 0.4) is 0 Å². The summed E-state index contributed by atoms with van der Waals surface area (Å²) in [7, 11) is 0. The second kappa shape index (κ2) is 15.1. The van der Waals surface area contributed by atoms with Crippen molar-refractivity contribution in [1.29, 1.82) is 0 Å². The van der Waals surface area contributed by atoms with E-state index in [0.29, 0.717) is 25.7 Å². The topological polar surface area (TPSA) is 302 Å². The number of allylic oxidation sites excluding steroid dienone is 2. The van der Waals surface area contributed by atoms with Gasteiger partial charge in [0, 0.05) is 5.92 Å². The van der Waals surface area contributed by atoms with Crippen molar-refractivity contribution in [3.63, 3.8) is 0 Å². The van der Waals surface area contributed by atoms with E-state index in [1.165, 1.54) is 0 Å². The Bertz CT molecular complexity index is 1740. The normalized spacial score (nSPS) is 51.7. The number of aliphatic hydroxyl groups is 5. The summed E-state index contributed by atoms with van der Waals surface area (Å²) in [6, 6.07) is 0. The summed E-state index contributed by atoms with van der Waals surface area (Å²) in [4.78, 5) is 51.3. The molecule has 17 heteroatoms. The van der Waals surface area contributed by atoms with Crippen LogP contribution in [0.2, 0.25) is 0 Å². The molecule has 0 aromatic rings. The molecule has 2 saturated heterocycles. The zero-order valence-electron chi connectivity index (χ0n) is 35.1. The zero-order chi connectivity index (χ0) is 42.9. The van der Waals surface area contributed by atoms with Gasteiger partial charge in [-0.2, -0.15) is 0 Å². The molecule has 7 aliphatic rings. The first-order valence-corrected chi connectivity index (χ1v) is 20.7. The molecule has 7 unspecified atom stereocenters. The molecule has 7 rings (SSSR count). The third-order valence-electron chi connectivity index (χ3n) is 17.2. The van der Waals surface area contributed by atoms with E-state index in [1.54, 1.807) is 0 Å². The number of carbonyl (C=O) groups excluding carboxylic acids is 1. The van der Waals surface area contributed by atoms with E-state index >= 15 is 0 Å². The number of ether oxygens (including phenoxy) is 4. The summed E-state index contributed by atoms with van der Waals surface area (Å²) >= 11 is 0. The monoisotopic (exact) mass is 839 g/mol. The van der Waals surface area contributed by atoms with E-state index < -0.39 is 107 Å². The van der Waals surface area contributed by atoms with Crippen LogP contribution in [-0.4, -0.2) is 132 Å². The number of carboxylic acid groups (broad SMARTS) is 3. The van der Waals surface area contributed by atoms with Crippen molar-refractivity contribution in [2.24, 2.45) is 50.2 Å². The molecule has 334 valence electrons. The van der Waals surface area contributed by atoms with Crippen molar-refractivity contribution in [1.82, 2.24) is 6.15 Å². The molecular formula is C42H65NO16. The fourth-order valence-electron chi connectivity index (χ4n) is 13.4. The van der Waals surface area contributed by atoms with Gasteiger partial charge in [-0.1, -0.05) is 47.1 Å². The maximum Gasteiger partial charge on any atom is 0.335 e. The number of aliphatic hydroxyl groups excluding tert-OH is 5. The van der Waals surface area contributed by atoms with Crippen LogP contribution in [0.15, 0.2) is 11.6 Å². The number of carbonyl (C=O) groups is 4. The van der Waals surface area contributed by atoms with Crippen LogP contribution in [0.5, 0.6) is 0 Å². The van der Waals surface area contributed by atoms with Crippen molar-refractivity contribution >= 4 is 23.7 Å². The van der Waals surface area contributed by atoms with E-state index in [0.717, 1.165) is 37.7 Å². The fourth-order valence-corrected chi connectivity index (χ4v) is 13.4. The van der Waals surface area contributed by atoms with E-state index in [4.69, 9.17) is 18.9 Å². The summed E-state index contributed by atoms with van der Waals surface area (Å²) in [5.74, 6) is -4.47. The quantitative estimate of drug-likeness (QED) is 0.166. The van der Waals surface area contributed by atoms with E-state index in [1.807, 2.05) is 26.8 Å².